The first-order valence-corrected chi connectivity index (χ1v) is 7.60. The third-order valence-electron chi connectivity index (χ3n) is 3.72. The first-order chi connectivity index (χ1) is 8.39. The molecule has 0 aromatic carbocycles. The SMILES string of the molecule is Cc1nn(C)c(CC(C)(C)CCNC2CC2)c1Br. The minimum absolute atomic E-state index is 0.310. The lowest BCUT2D eigenvalue weighted by atomic mass is 9.84. The molecule has 1 aromatic heterocycles. The van der Waals surface area contributed by atoms with Crippen molar-refractivity contribution >= 4 is 15.9 Å². The maximum absolute atomic E-state index is 4.47. The molecule has 1 saturated carbocycles. The summed E-state index contributed by atoms with van der Waals surface area (Å²) >= 11 is 3.66. The molecule has 18 heavy (non-hydrogen) atoms. The molecule has 102 valence electrons. The molecule has 0 radical (unpaired) electrons. The monoisotopic (exact) mass is 313 g/mol. The quantitative estimate of drug-likeness (QED) is 0.874. The molecule has 0 bridgehead atoms. The third-order valence-corrected chi connectivity index (χ3v) is 4.75. The van der Waals surface area contributed by atoms with Crippen LogP contribution in [0.3, 0.4) is 0 Å². The van der Waals surface area contributed by atoms with Gasteiger partial charge in [0.25, 0.3) is 0 Å². The molecular weight excluding hydrogens is 290 g/mol. The van der Waals surface area contributed by atoms with Gasteiger partial charge in [0.1, 0.15) is 0 Å². The molecule has 0 atom stereocenters. The van der Waals surface area contributed by atoms with Crippen LogP contribution in [-0.2, 0) is 13.5 Å². The maximum atomic E-state index is 4.47. The van der Waals surface area contributed by atoms with Gasteiger partial charge in [-0.25, -0.2) is 0 Å². The summed E-state index contributed by atoms with van der Waals surface area (Å²) in [5, 5.41) is 8.07. The van der Waals surface area contributed by atoms with Crippen molar-refractivity contribution in [1.82, 2.24) is 15.1 Å². The third kappa shape index (κ3) is 3.58. The second kappa shape index (κ2) is 5.33. The molecule has 1 heterocycles. The zero-order valence-corrected chi connectivity index (χ0v) is 13.5. The van der Waals surface area contributed by atoms with Gasteiger partial charge in [0.2, 0.25) is 0 Å². The van der Waals surface area contributed by atoms with Crippen LogP contribution in [0.5, 0.6) is 0 Å². The first-order valence-electron chi connectivity index (χ1n) is 6.80. The van der Waals surface area contributed by atoms with Gasteiger partial charge in [-0.15, -0.1) is 0 Å². The van der Waals surface area contributed by atoms with Gasteiger partial charge < -0.3 is 5.32 Å². The van der Waals surface area contributed by atoms with Crippen LogP contribution in [0.4, 0.5) is 0 Å². The number of halogens is 1. The van der Waals surface area contributed by atoms with E-state index in [4.69, 9.17) is 0 Å². The Morgan fingerprint density at radius 3 is 2.61 bits per heavy atom. The van der Waals surface area contributed by atoms with Crippen LogP contribution in [0.15, 0.2) is 4.47 Å². The standard InChI is InChI=1S/C14H24BrN3/c1-10-13(15)12(18(4)17-10)9-14(2,3)7-8-16-11-5-6-11/h11,16H,5-9H2,1-4H3. The van der Waals surface area contributed by atoms with Gasteiger partial charge in [0.05, 0.1) is 15.9 Å². The highest BCUT2D eigenvalue weighted by atomic mass is 79.9. The topological polar surface area (TPSA) is 29.9 Å². The summed E-state index contributed by atoms with van der Waals surface area (Å²) in [5.41, 5.74) is 2.70. The van der Waals surface area contributed by atoms with Gasteiger partial charge in [-0.05, 0) is 60.5 Å². The minimum Gasteiger partial charge on any atom is -0.314 e. The predicted molar refractivity (Wildman–Crippen MR) is 78.8 cm³/mol. The fourth-order valence-corrected chi connectivity index (χ4v) is 2.79. The van der Waals surface area contributed by atoms with Crippen molar-refractivity contribution in [3.8, 4) is 0 Å². The fourth-order valence-electron chi connectivity index (χ4n) is 2.32. The Kier molecular flexibility index (Phi) is 4.17. The normalized spacial score (nSPS) is 16.3. The fraction of sp³-hybridized carbons (Fsp3) is 0.786. The first kappa shape index (κ1) is 14.1. The molecule has 4 heteroatoms. The molecule has 0 aliphatic heterocycles. The Balaban J connectivity index is 1.92. The summed E-state index contributed by atoms with van der Waals surface area (Å²) < 4.78 is 3.18. The lowest BCUT2D eigenvalue weighted by Crippen LogP contribution is -2.26. The van der Waals surface area contributed by atoms with Crippen LogP contribution >= 0.6 is 15.9 Å². The average Bonchev–Trinajstić information content (AvgIpc) is 3.04. The van der Waals surface area contributed by atoms with Gasteiger partial charge in [-0.2, -0.15) is 5.10 Å². The summed E-state index contributed by atoms with van der Waals surface area (Å²) in [5.74, 6) is 0. The van der Waals surface area contributed by atoms with Gasteiger partial charge >= 0.3 is 0 Å². The van der Waals surface area contributed by atoms with Crippen molar-refractivity contribution in [3.63, 3.8) is 0 Å². The summed E-state index contributed by atoms with van der Waals surface area (Å²) in [4.78, 5) is 0. The highest BCUT2D eigenvalue weighted by molar-refractivity contribution is 9.10. The molecule has 0 amide bonds. The molecule has 3 nitrogen and oxygen atoms in total. The van der Waals surface area contributed by atoms with Crippen molar-refractivity contribution in [2.75, 3.05) is 6.54 Å². The molecular formula is C14H24BrN3. The molecule has 0 spiro atoms. The van der Waals surface area contributed by atoms with E-state index in [-0.39, 0.29) is 0 Å². The van der Waals surface area contributed by atoms with E-state index in [2.05, 4.69) is 47.1 Å². The molecule has 1 aliphatic rings. The lowest BCUT2D eigenvalue weighted by molar-refractivity contribution is 0.317. The van der Waals surface area contributed by atoms with Crippen LogP contribution in [0.2, 0.25) is 0 Å². The number of aromatic nitrogens is 2. The van der Waals surface area contributed by atoms with Crippen molar-refractivity contribution in [2.24, 2.45) is 12.5 Å². The second-order valence-electron chi connectivity index (χ2n) is 6.29. The highest BCUT2D eigenvalue weighted by Crippen LogP contribution is 2.31. The Bertz CT molecular complexity index is 419. The second-order valence-corrected chi connectivity index (χ2v) is 7.08. The molecule has 1 N–H and O–H groups in total. The van der Waals surface area contributed by atoms with Crippen molar-refractivity contribution in [2.45, 2.75) is 52.5 Å². The van der Waals surface area contributed by atoms with E-state index < -0.39 is 0 Å². The molecule has 1 aliphatic carbocycles. The molecule has 1 aromatic rings. The van der Waals surface area contributed by atoms with Crippen molar-refractivity contribution in [3.05, 3.63) is 15.9 Å². The number of rotatable bonds is 6. The predicted octanol–water partition coefficient (Wildman–Crippen LogP) is 3.20. The number of nitrogens with zero attached hydrogens (tertiary/aromatic N) is 2. The molecule has 0 unspecified atom stereocenters. The van der Waals surface area contributed by atoms with E-state index in [9.17, 15) is 0 Å². The van der Waals surface area contributed by atoms with Gasteiger partial charge in [0, 0.05) is 13.1 Å². The number of hydrogen-bond donors (Lipinski definition) is 1. The van der Waals surface area contributed by atoms with Gasteiger partial charge in [-0.3, -0.25) is 4.68 Å². The van der Waals surface area contributed by atoms with E-state index >= 15 is 0 Å². The Hall–Kier alpha value is -0.350. The van der Waals surface area contributed by atoms with E-state index in [0.717, 1.165) is 24.7 Å². The summed E-state index contributed by atoms with van der Waals surface area (Å²) in [7, 11) is 2.03. The maximum Gasteiger partial charge on any atom is 0.0738 e. The Labute approximate surface area is 118 Å². The van der Waals surface area contributed by atoms with E-state index in [1.807, 2.05) is 11.7 Å². The van der Waals surface area contributed by atoms with E-state index in [1.165, 1.54) is 29.4 Å². The van der Waals surface area contributed by atoms with Crippen molar-refractivity contribution in [1.29, 1.82) is 0 Å². The number of nitrogens with one attached hydrogen (secondary N) is 1. The number of hydrogen-bond acceptors (Lipinski definition) is 2. The zero-order valence-electron chi connectivity index (χ0n) is 11.9. The van der Waals surface area contributed by atoms with Crippen LogP contribution < -0.4 is 5.32 Å². The van der Waals surface area contributed by atoms with Crippen LogP contribution in [0.1, 0.15) is 44.5 Å². The molecule has 0 saturated heterocycles. The highest BCUT2D eigenvalue weighted by Gasteiger charge is 2.25. The largest absolute Gasteiger partial charge is 0.314 e. The summed E-state index contributed by atoms with van der Waals surface area (Å²) in [6, 6.07) is 0.812. The average molecular weight is 314 g/mol. The summed E-state index contributed by atoms with van der Waals surface area (Å²) in [6.07, 6.45) is 5.01. The van der Waals surface area contributed by atoms with E-state index in [1.54, 1.807) is 0 Å². The van der Waals surface area contributed by atoms with Crippen LogP contribution in [0, 0.1) is 12.3 Å². The summed E-state index contributed by atoms with van der Waals surface area (Å²) in [6.45, 7) is 7.87. The smallest absolute Gasteiger partial charge is 0.0738 e. The minimum atomic E-state index is 0.310. The van der Waals surface area contributed by atoms with Gasteiger partial charge in [-0.1, -0.05) is 13.8 Å². The van der Waals surface area contributed by atoms with Crippen LogP contribution in [-0.4, -0.2) is 22.4 Å². The Morgan fingerprint density at radius 2 is 2.11 bits per heavy atom. The van der Waals surface area contributed by atoms with Crippen LogP contribution in [0.25, 0.3) is 0 Å². The van der Waals surface area contributed by atoms with E-state index in [0.29, 0.717) is 5.41 Å². The number of aryl methyl sites for hydroxylation is 2. The van der Waals surface area contributed by atoms with Gasteiger partial charge in [0.15, 0.2) is 0 Å². The Morgan fingerprint density at radius 1 is 1.44 bits per heavy atom. The zero-order chi connectivity index (χ0) is 13.3. The molecule has 1 fully saturated rings. The van der Waals surface area contributed by atoms with Crippen molar-refractivity contribution < 1.29 is 0 Å². The lowest BCUT2D eigenvalue weighted by Gasteiger charge is -2.25. The molecule has 2 rings (SSSR count).